The van der Waals surface area contributed by atoms with E-state index in [-0.39, 0.29) is 17.2 Å². The monoisotopic (exact) mass is 339 g/mol. The topological polar surface area (TPSA) is 71.8 Å². The smallest absolute Gasteiger partial charge is 0.228 e. The number of amides is 1. The average molecular weight is 339 g/mol. The first-order valence-electron chi connectivity index (χ1n) is 9.04. The summed E-state index contributed by atoms with van der Waals surface area (Å²) in [6, 6.07) is 8.03. The maximum atomic E-state index is 12.6. The number of hydrogen-bond donors (Lipinski definition) is 2. The van der Waals surface area contributed by atoms with E-state index in [2.05, 4.69) is 26.8 Å². The van der Waals surface area contributed by atoms with Crippen LogP contribution >= 0.6 is 0 Å². The number of rotatable bonds is 4. The lowest BCUT2D eigenvalue weighted by atomic mass is 9.92. The number of benzene rings is 1. The third-order valence-corrected chi connectivity index (χ3v) is 5.59. The van der Waals surface area contributed by atoms with Crippen LogP contribution in [0.5, 0.6) is 0 Å². The second-order valence-corrected chi connectivity index (χ2v) is 7.42. The molecule has 4 rings (SSSR count). The molecule has 1 saturated heterocycles. The SMILES string of the molecule is Cc1nc(C)n(Cc2cccc(NC(=O)C3CC34CCNCC4)c2)n1. The minimum Gasteiger partial charge on any atom is -0.326 e. The highest BCUT2D eigenvalue weighted by molar-refractivity contribution is 5.95. The van der Waals surface area contributed by atoms with E-state index in [1.807, 2.05) is 36.7 Å². The number of nitrogens with zero attached hydrogens (tertiary/aromatic N) is 3. The van der Waals surface area contributed by atoms with Gasteiger partial charge in [0.1, 0.15) is 11.6 Å². The van der Waals surface area contributed by atoms with Gasteiger partial charge in [0, 0.05) is 11.6 Å². The molecule has 25 heavy (non-hydrogen) atoms. The maximum absolute atomic E-state index is 12.6. The summed E-state index contributed by atoms with van der Waals surface area (Å²) in [5, 5.41) is 10.9. The van der Waals surface area contributed by atoms with E-state index in [0.29, 0.717) is 6.54 Å². The largest absolute Gasteiger partial charge is 0.326 e. The van der Waals surface area contributed by atoms with Crippen molar-refractivity contribution in [2.24, 2.45) is 11.3 Å². The van der Waals surface area contributed by atoms with Gasteiger partial charge in [-0.3, -0.25) is 4.79 Å². The Hall–Kier alpha value is -2.21. The van der Waals surface area contributed by atoms with Crippen LogP contribution in [0.3, 0.4) is 0 Å². The van der Waals surface area contributed by atoms with Gasteiger partial charge in [-0.2, -0.15) is 5.10 Å². The first kappa shape index (κ1) is 16.3. The Morgan fingerprint density at radius 3 is 2.88 bits per heavy atom. The minimum absolute atomic E-state index is 0.173. The van der Waals surface area contributed by atoms with Crippen LogP contribution in [-0.2, 0) is 11.3 Å². The van der Waals surface area contributed by atoms with Gasteiger partial charge in [-0.1, -0.05) is 12.1 Å². The number of carbonyl (C=O) groups is 1. The van der Waals surface area contributed by atoms with Crippen molar-refractivity contribution in [2.45, 2.75) is 39.7 Å². The lowest BCUT2D eigenvalue weighted by molar-refractivity contribution is -0.118. The molecule has 0 bridgehead atoms. The van der Waals surface area contributed by atoms with Crippen molar-refractivity contribution in [1.29, 1.82) is 0 Å². The van der Waals surface area contributed by atoms with Gasteiger partial charge in [0.15, 0.2) is 0 Å². The number of nitrogens with one attached hydrogen (secondary N) is 2. The van der Waals surface area contributed by atoms with Gasteiger partial charge in [-0.05, 0) is 69.3 Å². The molecule has 0 radical (unpaired) electrons. The Kier molecular flexibility index (Phi) is 4.07. The summed E-state index contributed by atoms with van der Waals surface area (Å²) in [7, 11) is 0. The minimum atomic E-state index is 0.173. The second-order valence-electron chi connectivity index (χ2n) is 7.42. The van der Waals surface area contributed by atoms with Crippen molar-refractivity contribution >= 4 is 11.6 Å². The molecular weight excluding hydrogens is 314 g/mol. The quantitative estimate of drug-likeness (QED) is 0.896. The second kappa shape index (κ2) is 6.26. The summed E-state index contributed by atoms with van der Waals surface area (Å²) in [4.78, 5) is 17.0. The predicted octanol–water partition coefficient (Wildman–Crippen LogP) is 2.27. The van der Waals surface area contributed by atoms with Gasteiger partial charge in [-0.25, -0.2) is 9.67 Å². The van der Waals surface area contributed by atoms with Crippen molar-refractivity contribution in [3.05, 3.63) is 41.5 Å². The summed E-state index contributed by atoms with van der Waals surface area (Å²) >= 11 is 0. The predicted molar refractivity (Wildman–Crippen MR) is 96.3 cm³/mol. The fraction of sp³-hybridized carbons (Fsp3) is 0.526. The number of piperidine rings is 1. The molecule has 2 heterocycles. The van der Waals surface area contributed by atoms with Gasteiger partial charge in [0.25, 0.3) is 0 Å². The molecule has 2 aliphatic rings. The van der Waals surface area contributed by atoms with Crippen LogP contribution in [0.15, 0.2) is 24.3 Å². The highest BCUT2D eigenvalue weighted by Gasteiger charge is 2.57. The van der Waals surface area contributed by atoms with Crippen molar-refractivity contribution < 1.29 is 4.79 Å². The number of anilines is 1. The van der Waals surface area contributed by atoms with Crippen LogP contribution in [0.1, 0.15) is 36.5 Å². The Morgan fingerprint density at radius 1 is 1.36 bits per heavy atom. The molecule has 1 atom stereocenters. The molecule has 1 aromatic heterocycles. The Bertz CT molecular complexity index is 791. The van der Waals surface area contributed by atoms with E-state index < -0.39 is 0 Å². The Labute approximate surface area is 148 Å². The lowest BCUT2D eigenvalue weighted by Crippen LogP contribution is -2.31. The average Bonchev–Trinajstić information content (AvgIpc) is 3.18. The summed E-state index contributed by atoms with van der Waals surface area (Å²) in [6.45, 7) is 6.59. The lowest BCUT2D eigenvalue weighted by Gasteiger charge is -2.23. The highest BCUT2D eigenvalue weighted by Crippen LogP contribution is 2.58. The van der Waals surface area contributed by atoms with Crippen LogP contribution in [-0.4, -0.2) is 33.8 Å². The Morgan fingerprint density at radius 2 is 2.16 bits per heavy atom. The van der Waals surface area contributed by atoms with E-state index in [1.165, 1.54) is 0 Å². The van der Waals surface area contributed by atoms with Gasteiger partial charge < -0.3 is 10.6 Å². The molecule has 2 aromatic rings. The molecule has 1 aromatic carbocycles. The Balaban J connectivity index is 1.41. The number of hydrogen-bond acceptors (Lipinski definition) is 4. The zero-order valence-electron chi connectivity index (χ0n) is 14.9. The molecule has 2 fully saturated rings. The molecule has 1 aliphatic carbocycles. The third-order valence-electron chi connectivity index (χ3n) is 5.59. The van der Waals surface area contributed by atoms with Gasteiger partial charge in [-0.15, -0.1) is 0 Å². The third kappa shape index (κ3) is 3.31. The molecule has 2 N–H and O–H groups in total. The van der Waals surface area contributed by atoms with Crippen LogP contribution in [0.25, 0.3) is 0 Å². The summed E-state index contributed by atoms with van der Waals surface area (Å²) < 4.78 is 1.89. The normalized spacial score (nSPS) is 21.3. The first-order chi connectivity index (χ1) is 12.1. The summed E-state index contributed by atoms with van der Waals surface area (Å²) in [6.07, 6.45) is 3.28. The molecule has 1 amide bonds. The van der Waals surface area contributed by atoms with E-state index in [0.717, 1.165) is 55.3 Å². The van der Waals surface area contributed by atoms with Crippen LogP contribution < -0.4 is 10.6 Å². The zero-order valence-corrected chi connectivity index (χ0v) is 14.9. The first-order valence-corrected chi connectivity index (χ1v) is 9.04. The highest BCUT2D eigenvalue weighted by atomic mass is 16.2. The number of aromatic nitrogens is 3. The molecule has 6 heteroatoms. The van der Waals surface area contributed by atoms with Crippen LogP contribution in [0.2, 0.25) is 0 Å². The fourth-order valence-corrected chi connectivity index (χ4v) is 4.06. The van der Waals surface area contributed by atoms with Crippen LogP contribution in [0, 0.1) is 25.2 Å². The van der Waals surface area contributed by atoms with Crippen molar-refractivity contribution in [3.8, 4) is 0 Å². The van der Waals surface area contributed by atoms with Crippen LogP contribution in [0.4, 0.5) is 5.69 Å². The van der Waals surface area contributed by atoms with E-state index in [4.69, 9.17) is 0 Å². The van der Waals surface area contributed by atoms with Crippen molar-refractivity contribution in [2.75, 3.05) is 18.4 Å². The van der Waals surface area contributed by atoms with E-state index in [9.17, 15) is 4.79 Å². The van der Waals surface area contributed by atoms with Gasteiger partial charge in [0.2, 0.25) is 5.91 Å². The number of aryl methyl sites for hydroxylation is 2. The molecule has 1 aliphatic heterocycles. The number of carbonyl (C=O) groups excluding carboxylic acids is 1. The van der Waals surface area contributed by atoms with E-state index in [1.54, 1.807) is 0 Å². The molecule has 1 spiro atoms. The molecule has 1 saturated carbocycles. The summed E-state index contributed by atoms with van der Waals surface area (Å²) in [5.41, 5.74) is 2.24. The molecule has 1 unspecified atom stereocenters. The van der Waals surface area contributed by atoms with E-state index >= 15 is 0 Å². The zero-order chi connectivity index (χ0) is 17.4. The standard InChI is InChI=1S/C19H25N5O/c1-13-21-14(2)24(23-13)12-15-4-3-5-16(10-15)22-18(25)17-11-19(17)6-8-20-9-7-19/h3-5,10,17,20H,6-9,11-12H2,1-2H3,(H,22,25). The van der Waals surface area contributed by atoms with Crippen molar-refractivity contribution in [1.82, 2.24) is 20.1 Å². The fourth-order valence-electron chi connectivity index (χ4n) is 4.06. The molecular formula is C19H25N5O. The maximum Gasteiger partial charge on any atom is 0.228 e. The van der Waals surface area contributed by atoms with Crippen molar-refractivity contribution in [3.63, 3.8) is 0 Å². The summed E-state index contributed by atoms with van der Waals surface area (Å²) in [5.74, 6) is 2.03. The molecule has 132 valence electrons. The van der Waals surface area contributed by atoms with Gasteiger partial charge >= 0.3 is 0 Å². The molecule has 6 nitrogen and oxygen atoms in total. The van der Waals surface area contributed by atoms with Gasteiger partial charge in [0.05, 0.1) is 6.54 Å².